The van der Waals surface area contributed by atoms with Crippen LogP contribution in [0.25, 0.3) is 11.3 Å². The maximum absolute atomic E-state index is 12.9. The van der Waals surface area contributed by atoms with E-state index in [-0.39, 0.29) is 5.91 Å². The molecular weight excluding hydrogens is 446 g/mol. The highest BCUT2D eigenvalue weighted by Crippen LogP contribution is 2.51. The van der Waals surface area contributed by atoms with Gasteiger partial charge in [-0.05, 0) is 75.7 Å². The van der Waals surface area contributed by atoms with Crippen LogP contribution in [0.3, 0.4) is 0 Å². The first-order chi connectivity index (χ1) is 17.5. The van der Waals surface area contributed by atoms with E-state index in [2.05, 4.69) is 54.0 Å². The van der Waals surface area contributed by atoms with Crippen LogP contribution in [-0.2, 0) is 27.1 Å². The number of amides is 1. The topological polar surface area (TPSA) is 70.1 Å². The summed E-state index contributed by atoms with van der Waals surface area (Å²) in [5, 5.41) is 0. The molecule has 1 aromatic heterocycles. The van der Waals surface area contributed by atoms with E-state index in [1.807, 2.05) is 18.2 Å². The fraction of sp³-hybridized carbons (Fsp3) is 0.484. The number of rotatable bonds is 9. The highest BCUT2D eigenvalue weighted by Gasteiger charge is 2.51. The molecule has 0 saturated heterocycles. The van der Waals surface area contributed by atoms with Crippen LogP contribution in [0.15, 0.2) is 60.7 Å². The summed E-state index contributed by atoms with van der Waals surface area (Å²) in [5.74, 6) is 2.18. The third kappa shape index (κ3) is 4.28. The molecule has 3 aliphatic rings. The lowest BCUT2D eigenvalue weighted by Gasteiger charge is -2.45. The maximum Gasteiger partial charge on any atom is 0.228 e. The van der Waals surface area contributed by atoms with Gasteiger partial charge in [0.05, 0.1) is 23.4 Å². The lowest BCUT2D eigenvalue weighted by Crippen LogP contribution is -2.49. The highest BCUT2D eigenvalue weighted by molar-refractivity contribution is 5.87. The first kappa shape index (κ1) is 23.5. The van der Waals surface area contributed by atoms with Crippen molar-refractivity contribution in [2.24, 2.45) is 17.6 Å². The van der Waals surface area contributed by atoms with Gasteiger partial charge >= 0.3 is 0 Å². The molecular formula is C31H37N3O2. The zero-order valence-electron chi connectivity index (χ0n) is 21.3. The van der Waals surface area contributed by atoms with Gasteiger partial charge in [0.2, 0.25) is 5.91 Å². The minimum Gasteiger partial charge on any atom is -0.369 e. The van der Waals surface area contributed by atoms with E-state index in [4.69, 9.17) is 15.5 Å². The number of carbonyl (C=O) groups is 1. The Morgan fingerprint density at radius 3 is 2.14 bits per heavy atom. The van der Waals surface area contributed by atoms with Crippen molar-refractivity contribution in [3.05, 3.63) is 77.7 Å². The average Bonchev–Trinajstić information content (AvgIpc) is 3.84. The van der Waals surface area contributed by atoms with Gasteiger partial charge in [-0.15, -0.1) is 0 Å². The zero-order chi connectivity index (χ0) is 24.8. The molecule has 5 nitrogen and oxygen atoms in total. The van der Waals surface area contributed by atoms with Crippen molar-refractivity contribution >= 4 is 5.91 Å². The van der Waals surface area contributed by atoms with Crippen molar-refractivity contribution in [3.8, 4) is 11.3 Å². The third-order valence-corrected chi connectivity index (χ3v) is 8.74. The fourth-order valence-corrected chi connectivity index (χ4v) is 6.13. The standard InChI is InChI=1S/C31H37N3O2/c1-22-27(25-8-4-2-5-9-25)34(20-23-12-13-23)29(33-22)31(36-21-24-14-15-24)18-16-30(17-19-31,28(32)35)26-10-6-3-7-11-26/h2-11,23-24H,12-21H2,1H3,(H2,32,35). The SMILES string of the molecule is Cc1nc(C2(OCC3CC3)CCC(C(N)=O)(c3ccccc3)CC2)n(CC2CC2)c1-c1ccccc1. The van der Waals surface area contributed by atoms with Crippen molar-refractivity contribution in [1.82, 2.24) is 9.55 Å². The number of hydrogen-bond donors (Lipinski definition) is 1. The molecule has 3 aromatic rings. The number of imidazole rings is 1. The van der Waals surface area contributed by atoms with Gasteiger partial charge in [0, 0.05) is 12.1 Å². The second-order valence-electron chi connectivity index (χ2n) is 11.4. The Labute approximate surface area is 214 Å². The van der Waals surface area contributed by atoms with Crippen molar-refractivity contribution in [1.29, 1.82) is 0 Å². The van der Waals surface area contributed by atoms with Crippen LogP contribution >= 0.6 is 0 Å². The number of hydrogen-bond acceptors (Lipinski definition) is 3. The van der Waals surface area contributed by atoms with E-state index in [1.165, 1.54) is 36.9 Å². The van der Waals surface area contributed by atoms with Crippen LogP contribution in [0.4, 0.5) is 0 Å². The first-order valence-electron chi connectivity index (χ1n) is 13.6. The molecule has 0 unspecified atom stereocenters. The summed E-state index contributed by atoms with van der Waals surface area (Å²) in [6, 6.07) is 20.7. The van der Waals surface area contributed by atoms with Crippen LogP contribution in [0.2, 0.25) is 0 Å². The number of carbonyl (C=O) groups excluding carboxylic acids is 1. The van der Waals surface area contributed by atoms with Crippen LogP contribution in [0.5, 0.6) is 0 Å². The number of nitrogens with two attached hydrogens (primary N) is 1. The quantitative estimate of drug-likeness (QED) is 0.413. The molecule has 0 spiro atoms. The molecule has 0 aliphatic heterocycles. The van der Waals surface area contributed by atoms with E-state index in [9.17, 15) is 4.79 Å². The van der Waals surface area contributed by atoms with Crippen LogP contribution in [0.1, 0.15) is 68.4 Å². The summed E-state index contributed by atoms with van der Waals surface area (Å²) in [6.45, 7) is 3.88. The zero-order valence-corrected chi connectivity index (χ0v) is 21.3. The van der Waals surface area contributed by atoms with Gasteiger partial charge in [0.1, 0.15) is 11.4 Å². The molecule has 36 heavy (non-hydrogen) atoms. The van der Waals surface area contributed by atoms with Crippen LogP contribution in [-0.4, -0.2) is 22.1 Å². The fourth-order valence-electron chi connectivity index (χ4n) is 6.13. The van der Waals surface area contributed by atoms with Crippen LogP contribution in [0, 0.1) is 18.8 Å². The van der Waals surface area contributed by atoms with E-state index in [1.54, 1.807) is 0 Å². The average molecular weight is 484 g/mol. The Kier molecular flexibility index (Phi) is 5.99. The minimum atomic E-state index is -0.654. The lowest BCUT2D eigenvalue weighted by atomic mass is 9.64. The van der Waals surface area contributed by atoms with Gasteiger partial charge in [-0.3, -0.25) is 4.79 Å². The number of primary amides is 1. The molecule has 2 N–H and O–H groups in total. The molecule has 0 atom stereocenters. The number of nitrogens with zero attached hydrogens (tertiary/aromatic N) is 2. The summed E-state index contributed by atoms with van der Waals surface area (Å²) < 4.78 is 9.37. The molecule has 3 fully saturated rings. The molecule has 0 bridgehead atoms. The number of aryl methyl sites for hydroxylation is 1. The Morgan fingerprint density at radius 2 is 1.56 bits per heavy atom. The van der Waals surface area contributed by atoms with Gasteiger partial charge in [-0.2, -0.15) is 0 Å². The van der Waals surface area contributed by atoms with Crippen molar-refractivity contribution in [2.75, 3.05) is 6.61 Å². The monoisotopic (exact) mass is 483 g/mol. The number of benzene rings is 2. The maximum atomic E-state index is 12.9. The molecule has 3 saturated carbocycles. The summed E-state index contributed by atoms with van der Waals surface area (Å²) >= 11 is 0. The molecule has 6 rings (SSSR count). The Hall–Kier alpha value is -2.92. The molecule has 0 radical (unpaired) electrons. The van der Waals surface area contributed by atoms with E-state index in [0.29, 0.717) is 24.7 Å². The molecule has 188 valence electrons. The predicted molar refractivity (Wildman–Crippen MR) is 141 cm³/mol. The van der Waals surface area contributed by atoms with E-state index in [0.717, 1.165) is 43.1 Å². The normalized spacial score (nSPS) is 26.1. The minimum absolute atomic E-state index is 0.230. The van der Waals surface area contributed by atoms with Crippen molar-refractivity contribution in [3.63, 3.8) is 0 Å². The molecule has 1 heterocycles. The molecule has 2 aromatic carbocycles. The second kappa shape index (κ2) is 9.19. The number of ether oxygens (including phenoxy) is 1. The van der Waals surface area contributed by atoms with Crippen molar-refractivity contribution in [2.45, 2.75) is 75.9 Å². The van der Waals surface area contributed by atoms with Gasteiger partial charge in [0.25, 0.3) is 0 Å². The van der Waals surface area contributed by atoms with Gasteiger partial charge in [-0.1, -0.05) is 60.7 Å². The molecule has 3 aliphatic carbocycles. The van der Waals surface area contributed by atoms with E-state index < -0.39 is 11.0 Å². The summed E-state index contributed by atoms with van der Waals surface area (Å²) in [7, 11) is 0. The summed E-state index contributed by atoms with van der Waals surface area (Å²) in [4.78, 5) is 18.2. The van der Waals surface area contributed by atoms with Crippen molar-refractivity contribution < 1.29 is 9.53 Å². The number of aromatic nitrogens is 2. The largest absolute Gasteiger partial charge is 0.369 e. The molecule has 1 amide bonds. The predicted octanol–water partition coefficient (Wildman–Crippen LogP) is 5.89. The highest BCUT2D eigenvalue weighted by atomic mass is 16.5. The first-order valence-corrected chi connectivity index (χ1v) is 13.6. The molecule has 5 heteroatoms. The smallest absolute Gasteiger partial charge is 0.228 e. The summed E-state index contributed by atoms with van der Waals surface area (Å²) in [5.41, 5.74) is 9.45. The Morgan fingerprint density at radius 1 is 0.944 bits per heavy atom. The van der Waals surface area contributed by atoms with Gasteiger partial charge in [-0.25, -0.2) is 4.98 Å². The van der Waals surface area contributed by atoms with Gasteiger partial charge in [0.15, 0.2) is 0 Å². The Balaban J connectivity index is 1.41. The Bertz CT molecular complexity index is 1220. The van der Waals surface area contributed by atoms with Crippen LogP contribution < -0.4 is 5.73 Å². The third-order valence-electron chi connectivity index (χ3n) is 8.74. The van der Waals surface area contributed by atoms with Gasteiger partial charge < -0.3 is 15.0 Å². The lowest BCUT2D eigenvalue weighted by molar-refractivity contribution is -0.133. The second-order valence-corrected chi connectivity index (χ2v) is 11.4. The van der Waals surface area contributed by atoms with E-state index >= 15 is 0 Å². The summed E-state index contributed by atoms with van der Waals surface area (Å²) in [6.07, 6.45) is 7.88.